The molecule has 0 spiro atoms. The predicted molar refractivity (Wildman–Crippen MR) is 74.1 cm³/mol. The monoisotopic (exact) mass is 298 g/mol. The van der Waals surface area contributed by atoms with Gasteiger partial charge in [0, 0.05) is 12.1 Å². The molecular formula is C13H15ClN2O4. The van der Waals surface area contributed by atoms with Gasteiger partial charge in [-0.1, -0.05) is 36.9 Å². The topological polar surface area (TPSA) is 81.5 Å². The maximum absolute atomic E-state index is 11.8. The van der Waals surface area contributed by atoms with Crippen molar-refractivity contribution in [2.24, 2.45) is 0 Å². The molecular weight excluding hydrogens is 284 g/mol. The van der Waals surface area contributed by atoms with Crippen LogP contribution in [0.3, 0.4) is 0 Å². The molecule has 0 aliphatic heterocycles. The molecule has 2 rings (SSSR count). The number of halogens is 1. The lowest BCUT2D eigenvalue weighted by molar-refractivity contribution is -0.384. The van der Waals surface area contributed by atoms with E-state index in [4.69, 9.17) is 16.3 Å². The van der Waals surface area contributed by atoms with Gasteiger partial charge in [-0.3, -0.25) is 10.1 Å². The zero-order chi connectivity index (χ0) is 14.5. The van der Waals surface area contributed by atoms with Gasteiger partial charge in [-0.15, -0.1) is 0 Å². The fourth-order valence-electron chi connectivity index (χ4n) is 2.26. The number of hydrogen-bond acceptors (Lipinski definition) is 4. The quantitative estimate of drug-likeness (QED) is 0.682. The van der Waals surface area contributed by atoms with Crippen molar-refractivity contribution < 1.29 is 14.5 Å². The lowest BCUT2D eigenvalue weighted by Crippen LogP contribution is -2.38. The highest BCUT2D eigenvalue weighted by Gasteiger charge is 2.20. The second-order valence-electron chi connectivity index (χ2n) is 4.72. The van der Waals surface area contributed by atoms with Crippen LogP contribution in [0, 0.1) is 10.1 Å². The van der Waals surface area contributed by atoms with Gasteiger partial charge in [0.2, 0.25) is 0 Å². The van der Waals surface area contributed by atoms with Gasteiger partial charge >= 0.3 is 6.09 Å². The second-order valence-corrected chi connectivity index (χ2v) is 5.09. The van der Waals surface area contributed by atoms with Gasteiger partial charge in [-0.25, -0.2) is 4.79 Å². The molecule has 0 radical (unpaired) electrons. The zero-order valence-electron chi connectivity index (χ0n) is 10.8. The number of ether oxygens (including phenoxy) is 1. The molecule has 7 heteroatoms. The first-order valence-electron chi connectivity index (χ1n) is 6.49. The Bertz CT molecular complexity index is 515. The van der Waals surface area contributed by atoms with Gasteiger partial charge in [-0.05, 0) is 18.9 Å². The number of carbonyl (C=O) groups excluding carboxylic acids is 1. The molecule has 0 bridgehead atoms. The van der Waals surface area contributed by atoms with Crippen molar-refractivity contribution in [2.75, 3.05) is 0 Å². The summed E-state index contributed by atoms with van der Waals surface area (Å²) in [6, 6.07) is 4.21. The summed E-state index contributed by atoms with van der Waals surface area (Å²) in [4.78, 5) is 21.9. The maximum Gasteiger partial charge on any atom is 0.412 e. The Morgan fingerprint density at radius 1 is 1.35 bits per heavy atom. The van der Waals surface area contributed by atoms with E-state index >= 15 is 0 Å². The van der Waals surface area contributed by atoms with E-state index in [-0.39, 0.29) is 22.5 Å². The van der Waals surface area contributed by atoms with E-state index in [0.29, 0.717) is 0 Å². The highest BCUT2D eigenvalue weighted by molar-refractivity contribution is 6.34. The summed E-state index contributed by atoms with van der Waals surface area (Å²) >= 11 is 5.84. The molecule has 1 N–H and O–H groups in total. The highest BCUT2D eigenvalue weighted by Crippen LogP contribution is 2.33. The average molecular weight is 299 g/mol. The first-order valence-corrected chi connectivity index (χ1v) is 6.87. The van der Waals surface area contributed by atoms with Gasteiger partial charge in [0.15, 0.2) is 10.8 Å². The summed E-state index contributed by atoms with van der Waals surface area (Å²) in [5.74, 6) is -0.00539. The summed E-state index contributed by atoms with van der Waals surface area (Å²) in [5.41, 5.74) is -0.283. The molecule has 1 saturated carbocycles. The SMILES string of the molecule is O=C(NC1CCCCC1)Oc1cccc([N+](=O)[O-])c1Cl. The molecule has 108 valence electrons. The van der Waals surface area contributed by atoms with Crippen LogP contribution in [0.4, 0.5) is 10.5 Å². The Morgan fingerprint density at radius 2 is 2.05 bits per heavy atom. The Kier molecular flexibility index (Phi) is 4.79. The first-order chi connectivity index (χ1) is 9.58. The van der Waals surface area contributed by atoms with Crippen LogP contribution in [-0.4, -0.2) is 17.1 Å². The lowest BCUT2D eigenvalue weighted by atomic mass is 9.96. The van der Waals surface area contributed by atoms with Crippen LogP contribution in [-0.2, 0) is 0 Å². The van der Waals surface area contributed by atoms with Crippen LogP contribution in [0.1, 0.15) is 32.1 Å². The van der Waals surface area contributed by atoms with E-state index in [2.05, 4.69) is 5.32 Å². The fraction of sp³-hybridized carbons (Fsp3) is 0.462. The maximum atomic E-state index is 11.8. The van der Waals surface area contributed by atoms with E-state index in [9.17, 15) is 14.9 Å². The molecule has 0 atom stereocenters. The minimum Gasteiger partial charge on any atom is -0.408 e. The number of nitro groups is 1. The first kappa shape index (κ1) is 14.6. The van der Waals surface area contributed by atoms with Crippen molar-refractivity contribution in [3.63, 3.8) is 0 Å². The van der Waals surface area contributed by atoms with Crippen LogP contribution in [0.25, 0.3) is 0 Å². The molecule has 1 fully saturated rings. The number of hydrogen-bond donors (Lipinski definition) is 1. The van der Waals surface area contributed by atoms with Crippen LogP contribution in [0.5, 0.6) is 5.75 Å². The number of amides is 1. The smallest absolute Gasteiger partial charge is 0.408 e. The Hall–Kier alpha value is -1.82. The van der Waals surface area contributed by atoms with E-state index < -0.39 is 11.0 Å². The number of rotatable bonds is 3. The molecule has 0 aromatic heterocycles. The second kappa shape index (κ2) is 6.56. The average Bonchev–Trinajstić information content (AvgIpc) is 2.42. The molecule has 1 aromatic carbocycles. The number of nitrogens with zero attached hydrogens (tertiary/aromatic N) is 1. The summed E-state index contributed by atoms with van der Waals surface area (Å²) in [7, 11) is 0. The Labute approximate surface area is 121 Å². The van der Waals surface area contributed by atoms with Crippen molar-refractivity contribution in [3.05, 3.63) is 33.3 Å². The van der Waals surface area contributed by atoms with E-state index in [1.54, 1.807) is 0 Å². The van der Waals surface area contributed by atoms with E-state index in [1.165, 1.54) is 24.6 Å². The third-order valence-corrected chi connectivity index (χ3v) is 3.65. The molecule has 0 unspecified atom stereocenters. The number of benzene rings is 1. The van der Waals surface area contributed by atoms with E-state index in [1.807, 2.05) is 0 Å². The normalized spacial score (nSPS) is 15.7. The van der Waals surface area contributed by atoms with E-state index in [0.717, 1.165) is 25.7 Å². The van der Waals surface area contributed by atoms with Gasteiger partial charge in [0.1, 0.15) is 0 Å². The molecule has 1 aliphatic rings. The Morgan fingerprint density at radius 3 is 2.70 bits per heavy atom. The van der Waals surface area contributed by atoms with Crippen LogP contribution >= 0.6 is 11.6 Å². The molecule has 0 saturated heterocycles. The van der Waals surface area contributed by atoms with Gasteiger partial charge in [0.05, 0.1) is 4.92 Å². The van der Waals surface area contributed by atoms with Gasteiger partial charge < -0.3 is 10.1 Å². The van der Waals surface area contributed by atoms with Crippen molar-refractivity contribution in [1.29, 1.82) is 0 Å². The molecule has 6 nitrogen and oxygen atoms in total. The predicted octanol–water partition coefficient (Wildman–Crippen LogP) is 3.67. The summed E-state index contributed by atoms with van der Waals surface area (Å²) in [6.45, 7) is 0. The van der Waals surface area contributed by atoms with Crippen molar-refractivity contribution in [3.8, 4) is 5.75 Å². The minimum atomic E-state index is -0.626. The van der Waals surface area contributed by atoms with Crippen molar-refractivity contribution in [2.45, 2.75) is 38.1 Å². The van der Waals surface area contributed by atoms with Crippen LogP contribution in [0.15, 0.2) is 18.2 Å². The highest BCUT2D eigenvalue weighted by atomic mass is 35.5. The summed E-state index contributed by atoms with van der Waals surface area (Å²) in [5, 5.41) is 13.3. The largest absolute Gasteiger partial charge is 0.412 e. The fourth-order valence-corrected chi connectivity index (χ4v) is 2.50. The summed E-state index contributed by atoms with van der Waals surface area (Å²) in [6.07, 6.45) is 4.59. The standard InChI is InChI=1S/C13H15ClN2O4/c14-12-10(16(18)19)7-4-8-11(12)20-13(17)15-9-5-2-1-3-6-9/h4,7-9H,1-3,5-6H2,(H,15,17). The Balaban J connectivity index is 2.00. The summed E-state index contributed by atoms with van der Waals surface area (Å²) < 4.78 is 5.05. The lowest BCUT2D eigenvalue weighted by Gasteiger charge is -2.22. The van der Waals surface area contributed by atoms with Crippen LogP contribution < -0.4 is 10.1 Å². The molecule has 1 aliphatic carbocycles. The number of carbonyl (C=O) groups is 1. The third-order valence-electron chi connectivity index (χ3n) is 3.27. The third kappa shape index (κ3) is 3.60. The number of nitro benzene ring substituents is 1. The number of nitrogens with one attached hydrogen (secondary N) is 1. The zero-order valence-corrected chi connectivity index (χ0v) is 11.6. The van der Waals surface area contributed by atoms with Gasteiger partial charge in [0.25, 0.3) is 5.69 Å². The molecule has 0 heterocycles. The van der Waals surface area contributed by atoms with Crippen LogP contribution in [0.2, 0.25) is 5.02 Å². The van der Waals surface area contributed by atoms with Gasteiger partial charge in [-0.2, -0.15) is 0 Å². The molecule has 1 amide bonds. The van der Waals surface area contributed by atoms with Crippen molar-refractivity contribution >= 4 is 23.4 Å². The molecule has 20 heavy (non-hydrogen) atoms. The minimum absolute atomic E-state index is 0.00539. The van der Waals surface area contributed by atoms with Crippen molar-refractivity contribution in [1.82, 2.24) is 5.32 Å². The molecule has 1 aromatic rings.